The minimum atomic E-state index is -0.224. The molecular formula is C13H17ClFN. The molecule has 88 valence electrons. The van der Waals surface area contributed by atoms with Crippen LogP contribution in [0.4, 0.5) is 4.39 Å². The molecule has 0 saturated heterocycles. The second kappa shape index (κ2) is 4.72. The Bertz CT molecular complexity index is 372. The van der Waals surface area contributed by atoms with Crippen LogP contribution in [0.1, 0.15) is 38.2 Å². The van der Waals surface area contributed by atoms with E-state index < -0.39 is 0 Å². The van der Waals surface area contributed by atoms with Gasteiger partial charge in [0.1, 0.15) is 5.82 Å². The lowest BCUT2D eigenvalue weighted by atomic mass is 10.0. The molecule has 0 atom stereocenters. The van der Waals surface area contributed by atoms with Crippen LogP contribution in [0.2, 0.25) is 5.02 Å². The van der Waals surface area contributed by atoms with Gasteiger partial charge in [0.2, 0.25) is 0 Å². The molecule has 0 bridgehead atoms. The molecule has 0 aliphatic heterocycles. The lowest BCUT2D eigenvalue weighted by Crippen LogP contribution is -2.38. The molecular weight excluding hydrogens is 225 g/mol. The molecule has 0 heterocycles. The van der Waals surface area contributed by atoms with Crippen molar-refractivity contribution in [2.75, 3.05) is 0 Å². The molecule has 1 nitrogen and oxygen atoms in total. The number of nitrogens with one attached hydrogen (secondary N) is 1. The topological polar surface area (TPSA) is 12.0 Å². The van der Waals surface area contributed by atoms with Crippen LogP contribution in [0.25, 0.3) is 0 Å². The summed E-state index contributed by atoms with van der Waals surface area (Å²) in [5.74, 6) is -0.224. The Kier molecular flexibility index (Phi) is 3.50. The van der Waals surface area contributed by atoms with E-state index in [-0.39, 0.29) is 11.4 Å². The quantitative estimate of drug-likeness (QED) is 0.846. The Labute approximate surface area is 101 Å². The first-order valence-corrected chi connectivity index (χ1v) is 6.16. The SMILES string of the molecule is CC1(NCc2cc(F)ccc2Cl)CCCC1. The minimum absolute atomic E-state index is 0.204. The van der Waals surface area contributed by atoms with E-state index in [1.165, 1.54) is 37.8 Å². The van der Waals surface area contributed by atoms with Gasteiger partial charge >= 0.3 is 0 Å². The molecule has 1 aromatic rings. The van der Waals surface area contributed by atoms with Gasteiger partial charge in [-0.05, 0) is 43.5 Å². The fraction of sp³-hybridized carbons (Fsp3) is 0.538. The molecule has 1 aliphatic rings. The van der Waals surface area contributed by atoms with Crippen molar-refractivity contribution < 1.29 is 4.39 Å². The van der Waals surface area contributed by atoms with E-state index in [9.17, 15) is 4.39 Å². The Morgan fingerprint density at radius 2 is 2.06 bits per heavy atom. The van der Waals surface area contributed by atoms with Crippen LogP contribution in [0.15, 0.2) is 18.2 Å². The molecule has 2 rings (SSSR count). The van der Waals surface area contributed by atoms with E-state index in [0.717, 1.165) is 5.56 Å². The normalized spacial score (nSPS) is 18.9. The highest BCUT2D eigenvalue weighted by Crippen LogP contribution is 2.29. The van der Waals surface area contributed by atoms with Gasteiger partial charge in [-0.3, -0.25) is 0 Å². The van der Waals surface area contributed by atoms with Gasteiger partial charge in [-0.1, -0.05) is 24.4 Å². The van der Waals surface area contributed by atoms with Crippen LogP contribution in [0.5, 0.6) is 0 Å². The summed E-state index contributed by atoms with van der Waals surface area (Å²) in [7, 11) is 0. The maximum absolute atomic E-state index is 13.1. The molecule has 0 amide bonds. The summed E-state index contributed by atoms with van der Waals surface area (Å²) in [6.07, 6.45) is 4.95. The van der Waals surface area contributed by atoms with Crippen LogP contribution >= 0.6 is 11.6 Å². The fourth-order valence-corrected chi connectivity index (χ4v) is 2.50. The first-order valence-electron chi connectivity index (χ1n) is 5.78. The Morgan fingerprint density at radius 3 is 2.75 bits per heavy atom. The van der Waals surface area contributed by atoms with E-state index in [1.807, 2.05) is 0 Å². The van der Waals surface area contributed by atoms with Gasteiger partial charge in [0.05, 0.1) is 0 Å². The van der Waals surface area contributed by atoms with Gasteiger partial charge < -0.3 is 5.32 Å². The molecule has 1 saturated carbocycles. The fourth-order valence-electron chi connectivity index (χ4n) is 2.32. The van der Waals surface area contributed by atoms with Crippen molar-refractivity contribution in [3.8, 4) is 0 Å². The van der Waals surface area contributed by atoms with Crippen LogP contribution in [-0.4, -0.2) is 5.54 Å². The average molecular weight is 242 g/mol. The lowest BCUT2D eigenvalue weighted by molar-refractivity contribution is 0.362. The van der Waals surface area contributed by atoms with Crippen molar-refractivity contribution in [1.82, 2.24) is 5.32 Å². The van der Waals surface area contributed by atoms with Crippen molar-refractivity contribution in [3.05, 3.63) is 34.6 Å². The van der Waals surface area contributed by atoms with E-state index in [0.29, 0.717) is 11.6 Å². The maximum atomic E-state index is 13.1. The summed E-state index contributed by atoms with van der Waals surface area (Å²) >= 11 is 6.02. The smallest absolute Gasteiger partial charge is 0.123 e. The van der Waals surface area contributed by atoms with Crippen molar-refractivity contribution in [2.45, 2.75) is 44.7 Å². The first kappa shape index (κ1) is 11.9. The Hall–Kier alpha value is -0.600. The van der Waals surface area contributed by atoms with Gasteiger partial charge in [-0.2, -0.15) is 0 Å². The molecule has 1 fully saturated rings. The predicted molar refractivity (Wildman–Crippen MR) is 65.1 cm³/mol. The highest BCUT2D eigenvalue weighted by Gasteiger charge is 2.27. The van der Waals surface area contributed by atoms with Crippen molar-refractivity contribution in [2.24, 2.45) is 0 Å². The van der Waals surface area contributed by atoms with E-state index >= 15 is 0 Å². The van der Waals surface area contributed by atoms with E-state index in [2.05, 4.69) is 12.2 Å². The molecule has 0 radical (unpaired) electrons. The van der Waals surface area contributed by atoms with E-state index in [1.54, 1.807) is 6.07 Å². The van der Waals surface area contributed by atoms with Gasteiger partial charge in [-0.15, -0.1) is 0 Å². The Balaban J connectivity index is 2.01. The first-order chi connectivity index (χ1) is 7.59. The Morgan fingerprint density at radius 1 is 1.38 bits per heavy atom. The summed E-state index contributed by atoms with van der Waals surface area (Å²) in [6.45, 7) is 2.88. The van der Waals surface area contributed by atoms with Crippen LogP contribution in [0, 0.1) is 5.82 Å². The molecule has 0 spiro atoms. The van der Waals surface area contributed by atoms with Crippen molar-refractivity contribution in [3.63, 3.8) is 0 Å². The summed E-state index contributed by atoms with van der Waals surface area (Å²) in [5, 5.41) is 4.13. The van der Waals surface area contributed by atoms with E-state index in [4.69, 9.17) is 11.6 Å². The molecule has 3 heteroatoms. The highest BCUT2D eigenvalue weighted by molar-refractivity contribution is 6.31. The highest BCUT2D eigenvalue weighted by atomic mass is 35.5. The molecule has 1 aromatic carbocycles. The predicted octanol–water partition coefficient (Wildman–Crippen LogP) is 3.90. The van der Waals surface area contributed by atoms with Gasteiger partial charge in [-0.25, -0.2) is 4.39 Å². The molecule has 1 aliphatic carbocycles. The number of benzene rings is 1. The number of hydrogen-bond acceptors (Lipinski definition) is 1. The zero-order valence-corrected chi connectivity index (χ0v) is 10.3. The summed E-state index contributed by atoms with van der Waals surface area (Å²) in [6, 6.07) is 4.52. The minimum Gasteiger partial charge on any atom is -0.307 e. The molecule has 0 aromatic heterocycles. The van der Waals surface area contributed by atoms with Crippen LogP contribution < -0.4 is 5.32 Å². The lowest BCUT2D eigenvalue weighted by Gasteiger charge is -2.25. The third-order valence-electron chi connectivity index (χ3n) is 3.42. The molecule has 16 heavy (non-hydrogen) atoms. The summed E-state index contributed by atoms with van der Waals surface area (Å²) < 4.78 is 13.1. The number of rotatable bonds is 3. The third kappa shape index (κ3) is 2.74. The largest absolute Gasteiger partial charge is 0.307 e. The summed E-state index contributed by atoms with van der Waals surface area (Å²) in [5.41, 5.74) is 1.05. The third-order valence-corrected chi connectivity index (χ3v) is 3.79. The molecule has 0 unspecified atom stereocenters. The van der Waals surface area contributed by atoms with Gasteiger partial charge in [0.15, 0.2) is 0 Å². The second-order valence-electron chi connectivity index (χ2n) is 4.86. The monoisotopic (exact) mass is 241 g/mol. The maximum Gasteiger partial charge on any atom is 0.123 e. The second-order valence-corrected chi connectivity index (χ2v) is 5.26. The number of hydrogen-bond donors (Lipinski definition) is 1. The van der Waals surface area contributed by atoms with Crippen molar-refractivity contribution in [1.29, 1.82) is 0 Å². The van der Waals surface area contributed by atoms with Crippen LogP contribution in [-0.2, 0) is 6.54 Å². The van der Waals surface area contributed by atoms with Gasteiger partial charge in [0.25, 0.3) is 0 Å². The summed E-state index contributed by atoms with van der Waals surface area (Å²) in [4.78, 5) is 0. The molecule has 1 N–H and O–H groups in total. The van der Waals surface area contributed by atoms with Gasteiger partial charge in [0, 0.05) is 17.1 Å². The zero-order chi connectivity index (χ0) is 11.6. The van der Waals surface area contributed by atoms with Crippen LogP contribution in [0.3, 0.4) is 0 Å². The standard InChI is InChI=1S/C13H17ClFN/c1-13(6-2-3-7-13)16-9-10-8-11(15)4-5-12(10)14/h4-5,8,16H,2-3,6-7,9H2,1H3. The van der Waals surface area contributed by atoms with Crippen molar-refractivity contribution >= 4 is 11.6 Å². The number of halogens is 2. The zero-order valence-electron chi connectivity index (χ0n) is 9.52. The average Bonchev–Trinajstić information content (AvgIpc) is 2.67.